The van der Waals surface area contributed by atoms with Gasteiger partial charge in [0.1, 0.15) is 0 Å². The quantitative estimate of drug-likeness (QED) is 0.812. The third kappa shape index (κ3) is 3.94. The topological polar surface area (TPSA) is 24.5 Å². The van der Waals surface area contributed by atoms with Gasteiger partial charge in [-0.25, -0.2) is 0 Å². The molecule has 2 heterocycles. The van der Waals surface area contributed by atoms with Crippen LogP contribution in [0, 0.1) is 5.92 Å². The van der Waals surface area contributed by atoms with Gasteiger partial charge in [-0.15, -0.1) is 0 Å². The van der Waals surface area contributed by atoms with Crippen molar-refractivity contribution in [3.63, 3.8) is 0 Å². The Hall–Kier alpha value is -0.120. The lowest BCUT2D eigenvalue weighted by Gasteiger charge is -2.22. The molecule has 3 heteroatoms. The summed E-state index contributed by atoms with van der Waals surface area (Å²) in [6.45, 7) is 6.88. The number of rotatable bonds is 4. The highest BCUT2D eigenvalue weighted by Crippen LogP contribution is 2.23. The Bertz CT molecular complexity index is 222. The van der Waals surface area contributed by atoms with Gasteiger partial charge in [-0.3, -0.25) is 0 Å². The van der Waals surface area contributed by atoms with E-state index >= 15 is 0 Å². The first-order valence-corrected chi connectivity index (χ1v) is 7.33. The zero-order valence-electron chi connectivity index (χ0n) is 11.5. The molecule has 2 saturated heterocycles. The molecule has 3 atom stereocenters. The van der Waals surface area contributed by atoms with Crippen LogP contribution in [0.1, 0.15) is 39.0 Å². The largest absolute Gasteiger partial charge is 0.378 e. The maximum atomic E-state index is 5.75. The third-order valence-corrected chi connectivity index (χ3v) is 4.37. The molecule has 0 amide bonds. The Morgan fingerprint density at radius 1 is 1.24 bits per heavy atom. The first-order chi connectivity index (χ1) is 8.29. The standard InChI is InChI=1S/C14H28N2O/c1-3-14-12(7-10-17-14)11-15-13-5-4-8-16(2)9-6-13/h12-15H,3-11H2,1-2H3. The lowest BCUT2D eigenvalue weighted by atomic mass is 9.98. The normalized spacial score (nSPS) is 36.0. The zero-order chi connectivity index (χ0) is 12.1. The molecule has 0 bridgehead atoms. The summed E-state index contributed by atoms with van der Waals surface area (Å²) >= 11 is 0. The number of ether oxygens (including phenoxy) is 1. The van der Waals surface area contributed by atoms with Crippen LogP contribution in [-0.4, -0.2) is 50.3 Å². The van der Waals surface area contributed by atoms with Gasteiger partial charge in [0, 0.05) is 19.2 Å². The van der Waals surface area contributed by atoms with Crippen LogP contribution in [-0.2, 0) is 4.74 Å². The van der Waals surface area contributed by atoms with Crippen molar-refractivity contribution in [2.75, 3.05) is 33.3 Å². The van der Waals surface area contributed by atoms with Crippen LogP contribution in [0.25, 0.3) is 0 Å². The highest BCUT2D eigenvalue weighted by molar-refractivity contribution is 4.80. The van der Waals surface area contributed by atoms with E-state index in [4.69, 9.17) is 4.74 Å². The Morgan fingerprint density at radius 3 is 2.94 bits per heavy atom. The molecule has 0 spiro atoms. The fraction of sp³-hybridized carbons (Fsp3) is 1.00. The van der Waals surface area contributed by atoms with Crippen molar-refractivity contribution in [2.24, 2.45) is 5.92 Å². The van der Waals surface area contributed by atoms with Crippen molar-refractivity contribution in [1.29, 1.82) is 0 Å². The summed E-state index contributed by atoms with van der Waals surface area (Å²) in [6, 6.07) is 0.734. The van der Waals surface area contributed by atoms with E-state index in [2.05, 4.69) is 24.2 Å². The SMILES string of the molecule is CCC1OCCC1CNC1CCCN(C)CC1. The second-order valence-corrected chi connectivity index (χ2v) is 5.71. The average Bonchev–Trinajstić information content (AvgIpc) is 2.69. The smallest absolute Gasteiger partial charge is 0.0613 e. The summed E-state index contributed by atoms with van der Waals surface area (Å²) in [7, 11) is 2.24. The van der Waals surface area contributed by atoms with E-state index in [9.17, 15) is 0 Å². The van der Waals surface area contributed by atoms with Crippen molar-refractivity contribution in [3.8, 4) is 0 Å². The molecule has 17 heavy (non-hydrogen) atoms. The summed E-state index contributed by atoms with van der Waals surface area (Å²) < 4.78 is 5.75. The van der Waals surface area contributed by atoms with Crippen molar-refractivity contribution in [2.45, 2.75) is 51.2 Å². The first kappa shape index (κ1) is 13.3. The Balaban J connectivity index is 1.70. The predicted octanol–water partition coefficient (Wildman–Crippen LogP) is 1.88. The Morgan fingerprint density at radius 2 is 2.12 bits per heavy atom. The van der Waals surface area contributed by atoms with E-state index in [-0.39, 0.29) is 0 Å². The molecular formula is C14H28N2O. The van der Waals surface area contributed by atoms with E-state index in [1.807, 2.05) is 0 Å². The van der Waals surface area contributed by atoms with Crippen LogP contribution in [0.4, 0.5) is 0 Å². The van der Waals surface area contributed by atoms with E-state index in [0.29, 0.717) is 6.10 Å². The molecule has 0 aromatic rings. The van der Waals surface area contributed by atoms with Crippen molar-refractivity contribution >= 4 is 0 Å². The number of nitrogens with one attached hydrogen (secondary N) is 1. The Kier molecular flexibility index (Phi) is 5.26. The second-order valence-electron chi connectivity index (χ2n) is 5.71. The zero-order valence-corrected chi connectivity index (χ0v) is 11.5. The minimum Gasteiger partial charge on any atom is -0.378 e. The highest BCUT2D eigenvalue weighted by Gasteiger charge is 2.27. The molecule has 0 saturated carbocycles. The molecule has 0 radical (unpaired) electrons. The van der Waals surface area contributed by atoms with Gasteiger partial charge in [0.25, 0.3) is 0 Å². The number of hydrogen-bond acceptors (Lipinski definition) is 3. The summed E-state index contributed by atoms with van der Waals surface area (Å²) in [5, 5.41) is 3.78. The van der Waals surface area contributed by atoms with Crippen LogP contribution in [0.2, 0.25) is 0 Å². The second kappa shape index (κ2) is 6.72. The molecule has 2 aliphatic rings. The van der Waals surface area contributed by atoms with Crippen LogP contribution in [0.15, 0.2) is 0 Å². The van der Waals surface area contributed by atoms with Crippen molar-refractivity contribution in [1.82, 2.24) is 10.2 Å². The number of hydrogen-bond donors (Lipinski definition) is 1. The van der Waals surface area contributed by atoms with Gasteiger partial charge in [-0.2, -0.15) is 0 Å². The molecule has 2 rings (SSSR count). The van der Waals surface area contributed by atoms with Crippen LogP contribution in [0.5, 0.6) is 0 Å². The van der Waals surface area contributed by atoms with Gasteiger partial charge >= 0.3 is 0 Å². The molecule has 2 fully saturated rings. The van der Waals surface area contributed by atoms with E-state index in [0.717, 1.165) is 25.1 Å². The minimum absolute atomic E-state index is 0.510. The monoisotopic (exact) mass is 240 g/mol. The van der Waals surface area contributed by atoms with Gasteiger partial charge in [0.05, 0.1) is 6.10 Å². The molecule has 0 aliphatic carbocycles. The number of likely N-dealkylation sites (tertiary alicyclic amines) is 1. The van der Waals surface area contributed by atoms with E-state index < -0.39 is 0 Å². The van der Waals surface area contributed by atoms with Crippen LogP contribution in [0.3, 0.4) is 0 Å². The summed E-state index contributed by atoms with van der Waals surface area (Å²) in [5.41, 5.74) is 0. The van der Waals surface area contributed by atoms with Crippen LogP contribution < -0.4 is 5.32 Å². The number of nitrogens with zero attached hydrogens (tertiary/aromatic N) is 1. The minimum atomic E-state index is 0.510. The molecule has 2 aliphatic heterocycles. The molecular weight excluding hydrogens is 212 g/mol. The molecule has 3 nitrogen and oxygen atoms in total. The van der Waals surface area contributed by atoms with Gasteiger partial charge in [0.2, 0.25) is 0 Å². The van der Waals surface area contributed by atoms with Gasteiger partial charge in [-0.05, 0) is 58.2 Å². The average molecular weight is 240 g/mol. The van der Waals surface area contributed by atoms with Gasteiger partial charge in [-0.1, -0.05) is 6.92 Å². The summed E-state index contributed by atoms with van der Waals surface area (Å²) in [4.78, 5) is 2.45. The summed E-state index contributed by atoms with van der Waals surface area (Å²) in [5.74, 6) is 0.751. The Labute approximate surface area is 106 Å². The van der Waals surface area contributed by atoms with Gasteiger partial charge in [0.15, 0.2) is 0 Å². The molecule has 100 valence electrons. The fourth-order valence-corrected chi connectivity index (χ4v) is 3.14. The van der Waals surface area contributed by atoms with Crippen LogP contribution >= 0.6 is 0 Å². The molecule has 0 aromatic carbocycles. The molecule has 3 unspecified atom stereocenters. The third-order valence-electron chi connectivity index (χ3n) is 4.37. The lowest BCUT2D eigenvalue weighted by molar-refractivity contribution is 0.0864. The molecule has 0 aromatic heterocycles. The first-order valence-electron chi connectivity index (χ1n) is 7.33. The summed E-state index contributed by atoms with van der Waals surface area (Å²) in [6.07, 6.45) is 6.91. The highest BCUT2D eigenvalue weighted by atomic mass is 16.5. The maximum absolute atomic E-state index is 5.75. The lowest BCUT2D eigenvalue weighted by Crippen LogP contribution is -2.36. The van der Waals surface area contributed by atoms with E-state index in [1.54, 1.807) is 0 Å². The van der Waals surface area contributed by atoms with Crippen molar-refractivity contribution < 1.29 is 4.74 Å². The maximum Gasteiger partial charge on any atom is 0.0613 e. The predicted molar refractivity (Wildman–Crippen MR) is 71.3 cm³/mol. The van der Waals surface area contributed by atoms with E-state index in [1.165, 1.54) is 45.2 Å². The fourth-order valence-electron chi connectivity index (χ4n) is 3.14. The molecule has 1 N–H and O–H groups in total. The van der Waals surface area contributed by atoms with Gasteiger partial charge < -0.3 is 15.0 Å². The van der Waals surface area contributed by atoms with Crippen molar-refractivity contribution in [3.05, 3.63) is 0 Å².